The Bertz CT molecular complexity index is 540. The summed E-state index contributed by atoms with van der Waals surface area (Å²) < 4.78 is 111. The third-order valence-corrected chi connectivity index (χ3v) is 4.13. The minimum atomic E-state index is -6.44. The fourth-order valence-electron chi connectivity index (χ4n) is 2.29. The van der Waals surface area contributed by atoms with E-state index in [0.717, 1.165) is 25.7 Å². The summed E-state index contributed by atoms with van der Waals surface area (Å²) in [6.07, 6.45) is -2.01. The number of ether oxygens (including phenoxy) is 2. The SMILES string of the molecule is CCCCCCC(C)OC(=O)CCCC(=O)OCC(F)(F)C(F)(F)C(F)(F)C(F)F. The van der Waals surface area contributed by atoms with E-state index in [2.05, 4.69) is 4.74 Å². The van der Waals surface area contributed by atoms with Crippen LogP contribution in [0.5, 0.6) is 0 Å². The number of unbranched alkanes of at least 4 members (excludes halogenated alkanes) is 3. The normalized spacial score (nSPS) is 14.0. The van der Waals surface area contributed by atoms with Gasteiger partial charge in [0.25, 0.3) is 0 Å². The standard InChI is InChI=1S/C18H26F8O4/c1-3-4-5-6-8-12(2)30-14(28)10-7-9-13(27)29-11-16(21,22)18(25,26)17(23,24)15(19)20/h12,15H,3-11H2,1-2H3. The highest BCUT2D eigenvalue weighted by Crippen LogP contribution is 2.48. The van der Waals surface area contributed by atoms with E-state index in [-0.39, 0.29) is 18.9 Å². The summed E-state index contributed by atoms with van der Waals surface area (Å²) in [5.74, 6) is -20.6. The van der Waals surface area contributed by atoms with Crippen molar-refractivity contribution in [2.45, 2.75) is 95.5 Å². The topological polar surface area (TPSA) is 52.6 Å². The molecule has 0 aromatic carbocycles. The summed E-state index contributed by atoms with van der Waals surface area (Å²) in [5.41, 5.74) is 0. The van der Waals surface area contributed by atoms with E-state index < -0.39 is 49.2 Å². The van der Waals surface area contributed by atoms with Crippen LogP contribution in [-0.2, 0) is 19.1 Å². The van der Waals surface area contributed by atoms with Gasteiger partial charge in [-0.15, -0.1) is 0 Å². The summed E-state index contributed by atoms with van der Waals surface area (Å²) in [6, 6.07) is 0. The first-order chi connectivity index (χ1) is 13.7. The van der Waals surface area contributed by atoms with Gasteiger partial charge < -0.3 is 9.47 Å². The largest absolute Gasteiger partial charge is 0.463 e. The first-order valence-corrected chi connectivity index (χ1v) is 9.45. The molecule has 1 atom stereocenters. The fraction of sp³-hybridized carbons (Fsp3) is 0.889. The Hall–Kier alpha value is -1.62. The molecule has 0 spiro atoms. The van der Waals surface area contributed by atoms with Crippen LogP contribution < -0.4 is 0 Å². The number of carbonyl (C=O) groups is 2. The maximum absolute atomic E-state index is 13.2. The Kier molecular flexibility index (Phi) is 11.6. The second-order valence-electron chi connectivity index (χ2n) is 6.87. The van der Waals surface area contributed by atoms with Crippen LogP contribution in [0, 0.1) is 0 Å². The second kappa shape index (κ2) is 12.3. The van der Waals surface area contributed by atoms with Crippen molar-refractivity contribution in [3.8, 4) is 0 Å². The first kappa shape index (κ1) is 28.4. The Labute approximate surface area is 169 Å². The zero-order chi connectivity index (χ0) is 23.6. The lowest BCUT2D eigenvalue weighted by Crippen LogP contribution is -2.59. The van der Waals surface area contributed by atoms with E-state index in [1.807, 2.05) is 6.92 Å². The predicted octanol–water partition coefficient (Wildman–Crippen LogP) is 5.77. The maximum Gasteiger partial charge on any atom is 0.381 e. The van der Waals surface area contributed by atoms with E-state index in [1.165, 1.54) is 0 Å². The van der Waals surface area contributed by atoms with Crippen molar-refractivity contribution in [1.29, 1.82) is 0 Å². The first-order valence-electron chi connectivity index (χ1n) is 9.45. The van der Waals surface area contributed by atoms with Crippen LogP contribution in [0.25, 0.3) is 0 Å². The molecule has 0 bridgehead atoms. The minimum absolute atomic E-state index is 0.227. The molecule has 0 aliphatic carbocycles. The summed E-state index contributed by atoms with van der Waals surface area (Å²) in [4.78, 5) is 22.9. The minimum Gasteiger partial charge on any atom is -0.463 e. The van der Waals surface area contributed by atoms with Gasteiger partial charge in [0.2, 0.25) is 0 Å². The molecule has 0 aliphatic heterocycles. The van der Waals surface area contributed by atoms with Crippen LogP contribution in [0.4, 0.5) is 35.1 Å². The number of esters is 2. The van der Waals surface area contributed by atoms with Crippen molar-refractivity contribution < 1.29 is 54.2 Å². The van der Waals surface area contributed by atoms with Crippen molar-refractivity contribution in [2.75, 3.05) is 6.61 Å². The van der Waals surface area contributed by atoms with Gasteiger partial charge in [0, 0.05) is 12.8 Å². The van der Waals surface area contributed by atoms with Gasteiger partial charge in [-0.05, 0) is 26.2 Å². The lowest BCUT2D eigenvalue weighted by Gasteiger charge is -2.31. The van der Waals surface area contributed by atoms with Crippen molar-refractivity contribution in [3.05, 3.63) is 0 Å². The molecular formula is C18H26F8O4. The molecule has 0 N–H and O–H groups in total. The highest BCUT2D eigenvalue weighted by Gasteiger charge is 2.75. The molecule has 0 saturated carbocycles. The second-order valence-corrected chi connectivity index (χ2v) is 6.87. The molecule has 0 aliphatic rings. The number of alkyl halides is 8. The highest BCUT2D eigenvalue weighted by molar-refractivity contribution is 5.72. The molecule has 30 heavy (non-hydrogen) atoms. The molecule has 0 fully saturated rings. The van der Waals surface area contributed by atoms with Crippen LogP contribution in [0.3, 0.4) is 0 Å². The molecule has 0 aromatic rings. The molecular weight excluding hydrogens is 432 g/mol. The monoisotopic (exact) mass is 458 g/mol. The van der Waals surface area contributed by atoms with E-state index in [1.54, 1.807) is 6.92 Å². The molecule has 0 heterocycles. The lowest BCUT2D eigenvalue weighted by molar-refractivity contribution is -0.344. The van der Waals surface area contributed by atoms with Crippen LogP contribution in [0.1, 0.15) is 65.2 Å². The fourth-order valence-corrected chi connectivity index (χ4v) is 2.29. The number of hydrogen-bond acceptors (Lipinski definition) is 4. The molecule has 1 unspecified atom stereocenters. The van der Waals surface area contributed by atoms with Crippen molar-refractivity contribution >= 4 is 11.9 Å². The van der Waals surface area contributed by atoms with Crippen molar-refractivity contribution in [2.24, 2.45) is 0 Å². The number of carbonyl (C=O) groups excluding carboxylic acids is 2. The van der Waals surface area contributed by atoms with Crippen molar-refractivity contribution in [1.82, 2.24) is 0 Å². The quantitative estimate of drug-likeness (QED) is 0.178. The Balaban J connectivity index is 4.32. The van der Waals surface area contributed by atoms with Crippen LogP contribution in [0.2, 0.25) is 0 Å². The van der Waals surface area contributed by atoms with Crippen molar-refractivity contribution in [3.63, 3.8) is 0 Å². The summed E-state index contributed by atoms with van der Waals surface area (Å²) >= 11 is 0. The van der Waals surface area contributed by atoms with E-state index in [9.17, 15) is 44.7 Å². The maximum atomic E-state index is 13.2. The molecule has 0 saturated heterocycles. The van der Waals surface area contributed by atoms with Gasteiger partial charge in [0.15, 0.2) is 6.61 Å². The van der Waals surface area contributed by atoms with Gasteiger partial charge >= 0.3 is 36.1 Å². The summed E-state index contributed by atoms with van der Waals surface area (Å²) in [7, 11) is 0. The van der Waals surface area contributed by atoms with E-state index in [4.69, 9.17) is 4.74 Å². The average Bonchev–Trinajstić information content (AvgIpc) is 2.63. The Morgan fingerprint density at radius 3 is 1.97 bits per heavy atom. The molecule has 0 amide bonds. The van der Waals surface area contributed by atoms with Gasteiger partial charge in [-0.3, -0.25) is 9.59 Å². The average molecular weight is 458 g/mol. The summed E-state index contributed by atoms with van der Waals surface area (Å²) in [5, 5.41) is 0. The molecule has 0 aromatic heterocycles. The zero-order valence-corrected chi connectivity index (χ0v) is 16.7. The summed E-state index contributed by atoms with van der Waals surface area (Å²) in [6.45, 7) is 1.20. The lowest BCUT2D eigenvalue weighted by atomic mass is 10.1. The van der Waals surface area contributed by atoms with Gasteiger partial charge in [-0.2, -0.15) is 26.3 Å². The number of halogens is 8. The molecule has 4 nitrogen and oxygen atoms in total. The van der Waals surface area contributed by atoms with E-state index in [0.29, 0.717) is 6.42 Å². The van der Waals surface area contributed by atoms with Gasteiger partial charge in [0.05, 0.1) is 6.10 Å². The predicted molar refractivity (Wildman–Crippen MR) is 90.0 cm³/mol. The van der Waals surface area contributed by atoms with E-state index >= 15 is 0 Å². The smallest absolute Gasteiger partial charge is 0.381 e. The zero-order valence-electron chi connectivity index (χ0n) is 16.7. The molecule has 178 valence electrons. The van der Waals surface area contributed by atoms with Crippen LogP contribution >= 0.6 is 0 Å². The number of rotatable bonds is 15. The van der Waals surface area contributed by atoms with Gasteiger partial charge in [-0.25, -0.2) is 8.78 Å². The van der Waals surface area contributed by atoms with Gasteiger partial charge in [0.1, 0.15) is 0 Å². The van der Waals surface area contributed by atoms with Crippen LogP contribution in [0.15, 0.2) is 0 Å². The third-order valence-electron chi connectivity index (χ3n) is 4.13. The van der Waals surface area contributed by atoms with Crippen LogP contribution in [-0.4, -0.2) is 48.8 Å². The Morgan fingerprint density at radius 2 is 1.43 bits per heavy atom. The molecule has 0 rings (SSSR count). The Morgan fingerprint density at radius 1 is 0.867 bits per heavy atom. The van der Waals surface area contributed by atoms with Gasteiger partial charge in [-0.1, -0.05) is 26.2 Å². The number of hydrogen-bond donors (Lipinski definition) is 0. The highest BCUT2D eigenvalue weighted by atomic mass is 19.4. The third kappa shape index (κ3) is 8.63. The molecule has 0 radical (unpaired) electrons. The molecule has 12 heteroatoms.